The molecule has 0 aliphatic heterocycles. The highest BCUT2D eigenvalue weighted by molar-refractivity contribution is 5.98. The number of carbonyl (C=O) groups is 2. The summed E-state index contributed by atoms with van der Waals surface area (Å²) in [7, 11) is 0. The second-order valence-corrected chi connectivity index (χ2v) is 5.43. The molecule has 1 atom stereocenters. The molecule has 0 aromatic heterocycles. The van der Waals surface area contributed by atoms with Gasteiger partial charge in [0.15, 0.2) is 6.10 Å². The molecule has 5 nitrogen and oxygen atoms in total. The SMILES string of the molecule is CCOc1ccccc1NC(=O)[C@@H](C)OC(=O)c1ccc(C)c(F)c1. The van der Waals surface area contributed by atoms with Gasteiger partial charge in [-0.1, -0.05) is 18.2 Å². The Balaban J connectivity index is 2.02. The van der Waals surface area contributed by atoms with Crippen molar-refractivity contribution in [1.29, 1.82) is 0 Å². The smallest absolute Gasteiger partial charge is 0.339 e. The molecule has 1 N–H and O–H groups in total. The van der Waals surface area contributed by atoms with Crippen LogP contribution in [0.2, 0.25) is 0 Å². The minimum atomic E-state index is -1.05. The Hall–Kier alpha value is -2.89. The van der Waals surface area contributed by atoms with Gasteiger partial charge in [0.05, 0.1) is 17.9 Å². The summed E-state index contributed by atoms with van der Waals surface area (Å²) in [6.45, 7) is 5.33. The van der Waals surface area contributed by atoms with Gasteiger partial charge < -0.3 is 14.8 Å². The Morgan fingerprint density at radius 1 is 1.20 bits per heavy atom. The van der Waals surface area contributed by atoms with Crippen LogP contribution in [-0.4, -0.2) is 24.6 Å². The van der Waals surface area contributed by atoms with Crippen LogP contribution >= 0.6 is 0 Å². The Bertz CT molecular complexity index is 776. The molecule has 0 aliphatic rings. The number of esters is 1. The summed E-state index contributed by atoms with van der Waals surface area (Å²) in [5, 5.41) is 2.66. The van der Waals surface area contributed by atoms with E-state index in [1.165, 1.54) is 19.1 Å². The van der Waals surface area contributed by atoms with Crippen molar-refractivity contribution >= 4 is 17.6 Å². The zero-order valence-electron chi connectivity index (χ0n) is 14.3. The quantitative estimate of drug-likeness (QED) is 0.811. The van der Waals surface area contributed by atoms with Crippen molar-refractivity contribution in [3.05, 3.63) is 59.4 Å². The van der Waals surface area contributed by atoms with Gasteiger partial charge in [-0.05, 0) is 50.6 Å². The highest BCUT2D eigenvalue weighted by atomic mass is 19.1. The maximum atomic E-state index is 13.5. The number of hydrogen-bond acceptors (Lipinski definition) is 4. The normalized spacial score (nSPS) is 11.5. The van der Waals surface area contributed by atoms with Crippen LogP contribution in [0.15, 0.2) is 42.5 Å². The number of rotatable bonds is 6. The number of hydrogen-bond donors (Lipinski definition) is 1. The zero-order valence-corrected chi connectivity index (χ0v) is 14.3. The van der Waals surface area contributed by atoms with Crippen molar-refractivity contribution in [2.45, 2.75) is 26.9 Å². The largest absolute Gasteiger partial charge is 0.492 e. The van der Waals surface area contributed by atoms with Crippen LogP contribution in [0, 0.1) is 12.7 Å². The molecule has 0 saturated heterocycles. The topological polar surface area (TPSA) is 64.6 Å². The summed E-state index contributed by atoms with van der Waals surface area (Å²) in [5.74, 6) is -1.25. The average Bonchev–Trinajstić information content (AvgIpc) is 2.59. The third kappa shape index (κ3) is 4.79. The van der Waals surface area contributed by atoms with Gasteiger partial charge in [0.25, 0.3) is 5.91 Å². The molecule has 0 aliphatic carbocycles. The minimum absolute atomic E-state index is 0.0532. The van der Waals surface area contributed by atoms with E-state index in [-0.39, 0.29) is 5.56 Å². The summed E-state index contributed by atoms with van der Waals surface area (Å²) in [5.41, 5.74) is 0.964. The van der Waals surface area contributed by atoms with E-state index in [9.17, 15) is 14.0 Å². The molecule has 2 rings (SSSR count). The Labute approximate surface area is 145 Å². The van der Waals surface area contributed by atoms with Crippen LogP contribution in [0.4, 0.5) is 10.1 Å². The van der Waals surface area contributed by atoms with E-state index in [4.69, 9.17) is 9.47 Å². The molecule has 0 heterocycles. The number of carbonyl (C=O) groups excluding carboxylic acids is 2. The van der Waals surface area contributed by atoms with Gasteiger partial charge >= 0.3 is 5.97 Å². The van der Waals surface area contributed by atoms with E-state index in [0.29, 0.717) is 23.6 Å². The summed E-state index contributed by atoms with van der Waals surface area (Å²) in [6.07, 6.45) is -1.05. The zero-order chi connectivity index (χ0) is 18.4. The van der Waals surface area contributed by atoms with E-state index < -0.39 is 23.8 Å². The fourth-order valence-corrected chi connectivity index (χ4v) is 2.09. The third-order valence-corrected chi connectivity index (χ3v) is 3.51. The molecule has 2 aromatic rings. The molecule has 0 fully saturated rings. The molecular formula is C19H20FNO4. The van der Waals surface area contributed by atoms with Gasteiger partial charge in [0, 0.05) is 0 Å². The standard InChI is InChI=1S/C19H20FNO4/c1-4-24-17-8-6-5-7-16(17)21-18(22)13(3)25-19(23)14-10-9-12(2)15(20)11-14/h5-11,13H,4H2,1-3H3,(H,21,22)/t13-/m1/s1. The third-order valence-electron chi connectivity index (χ3n) is 3.51. The number of amides is 1. The van der Waals surface area contributed by atoms with Crippen molar-refractivity contribution < 1.29 is 23.5 Å². The van der Waals surface area contributed by atoms with Gasteiger partial charge in [-0.2, -0.15) is 0 Å². The van der Waals surface area contributed by atoms with Gasteiger partial charge in [0.2, 0.25) is 0 Å². The maximum Gasteiger partial charge on any atom is 0.339 e. The van der Waals surface area contributed by atoms with Crippen molar-refractivity contribution in [3.63, 3.8) is 0 Å². The molecule has 0 saturated carbocycles. The molecular weight excluding hydrogens is 325 g/mol. The van der Waals surface area contributed by atoms with E-state index in [0.717, 1.165) is 6.07 Å². The highest BCUT2D eigenvalue weighted by Crippen LogP contribution is 2.24. The number of ether oxygens (including phenoxy) is 2. The number of benzene rings is 2. The number of halogens is 1. The molecule has 132 valence electrons. The molecule has 1 amide bonds. The number of anilines is 1. The summed E-state index contributed by atoms with van der Waals surface area (Å²) >= 11 is 0. The van der Waals surface area contributed by atoms with Crippen molar-refractivity contribution in [2.24, 2.45) is 0 Å². The molecule has 0 bridgehead atoms. The lowest BCUT2D eigenvalue weighted by Crippen LogP contribution is -2.30. The van der Waals surface area contributed by atoms with Crippen molar-refractivity contribution in [1.82, 2.24) is 0 Å². The summed E-state index contributed by atoms with van der Waals surface area (Å²) in [6, 6.07) is 11.0. The lowest BCUT2D eigenvalue weighted by molar-refractivity contribution is -0.123. The first-order chi connectivity index (χ1) is 11.9. The summed E-state index contributed by atoms with van der Waals surface area (Å²) in [4.78, 5) is 24.3. The average molecular weight is 345 g/mol. The monoisotopic (exact) mass is 345 g/mol. The molecule has 2 aromatic carbocycles. The van der Waals surface area contributed by atoms with Crippen LogP contribution in [0.5, 0.6) is 5.75 Å². The molecule has 6 heteroatoms. The van der Waals surface area contributed by atoms with Gasteiger partial charge in [-0.25, -0.2) is 9.18 Å². The van der Waals surface area contributed by atoms with E-state index in [1.807, 2.05) is 6.92 Å². The maximum absolute atomic E-state index is 13.5. The van der Waals surface area contributed by atoms with Crippen molar-refractivity contribution in [3.8, 4) is 5.75 Å². The van der Waals surface area contributed by atoms with Crippen molar-refractivity contribution in [2.75, 3.05) is 11.9 Å². The van der Waals surface area contributed by atoms with E-state index in [1.54, 1.807) is 31.2 Å². The van der Waals surface area contributed by atoms with E-state index >= 15 is 0 Å². The first kappa shape index (κ1) is 18.4. The van der Waals surface area contributed by atoms with Crippen LogP contribution in [0.1, 0.15) is 29.8 Å². The first-order valence-corrected chi connectivity index (χ1v) is 7.92. The Morgan fingerprint density at radius 3 is 2.60 bits per heavy atom. The molecule has 0 unspecified atom stereocenters. The van der Waals surface area contributed by atoms with Crippen LogP contribution < -0.4 is 10.1 Å². The highest BCUT2D eigenvalue weighted by Gasteiger charge is 2.20. The van der Waals surface area contributed by atoms with Crippen LogP contribution in [0.25, 0.3) is 0 Å². The number of para-hydroxylation sites is 2. The fraction of sp³-hybridized carbons (Fsp3) is 0.263. The van der Waals surface area contributed by atoms with Gasteiger partial charge in [-0.3, -0.25) is 4.79 Å². The Kier molecular flexibility index (Phi) is 6.11. The molecule has 25 heavy (non-hydrogen) atoms. The second-order valence-electron chi connectivity index (χ2n) is 5.43. The minimum Gasteiger partial charge on any atom is -0.492 e. The first-order valence-electron chi connectivity index (χ1n) is 7.92. The second kappa shape index (κ2) is 8.28. The predicted molar refractivity (Wildman–Crippen MR) is 92.3 cm³/mol. The van der Waals surface area contributed by atoms with E-state index in [2.05, 4.69) is 5.32 Å². The van der Waals surface area contributed by atoms with Crippen LogP contribution in [0.3, 0.4) is 0 Å². The number of nitrogens with one attached hydrogen (secondary N) is 1. The molecule has 0 spiro atoms. The predicted octanol–water partition coefficient (Wildman–Crippen LogP) is 3.72. The van der Waals surface area contributed by atoms with Gasteiger partial charge in [0.1, 0.15) is 11.6 Å². The van der Waals surface area contributed by atoms with Gasteiger partial charge in [-0.15, -0.1) is 0 Å². The van der Waals surface area contributed by atoms with Crippen LogP contribution in [-0.2, 0) is 9.53 Å². The lowest BCUT2D eigenvalue weighted by Gasteiger charge is -2.15. The lowest BCUT2D eigenvalue weighted by atomic mass is 10.1. The summed E-state index contributed by atoms with van der Waals surface area (Å²) < 4.78 is 24.1. The molecule has 0 radical (unpaired) electrons. The fourth-order valence-electron chi connectivity index (χ4n) is 2.09. The number of aryl methyl sites for hydroxylation is 1. The Morgan fingerprint density at radius 2 is 1.92 bits per heavy atom.